The summed E-state index contributed by atoms with van der Waals surface area (Å²) in [4.78, 5) is 11.9. The third-order valence-corrected chi connectivity index (χ3v) is 3.99. The molecule has 0 spiro atoms. The van der Waals surface area contributed by atoms with Crippen molar-refractivity contribution in [3.8, 4) is 0 Å². The molecule has 0 saturated carbocycles. The first-order valence-electron chi connectivity index (χ1n) is 5.10. The molecular formula is C12H13FOS. The Morgan fingerprint density at radius 2 is 2.33 bits per heavy atom. The number of hydrogen-bond acceptors (Lipinski definition) is 2. The van der Waals surface area contributed by atoms with E-state index in [9.17, 15) is 9.18 Å². The maximum absolute atomic E-state index is 13.5. The first-order valence-corrected chi connectivity index (χ1v) is 6.15. The van der Waals surface area contributed by atoms with Crippen LogP contribution in [0.5, 0.6) is 0 Å². The van der Waals surface area contributed by atoms with Crippen LogP contribution in [0.2, 0.25) is 0 Å². The summed E-state index contributed by atoms with van der Waals surface area (Å²) >= 11 is 1.64. The second-order valence-electron chi connectivity index (χ2n) is 3.85. The Bertz CT molecular complexity index is 383. The Labute approximate surface area is 93.1 Å². The van der Waals surface area contributed by atoms with E-state index < -0.39 is 0 Å². The number of rotatable bonds is 2. The Morgan fingerprint density at radius 1 is 1.53 bits per heavy atom. The van der Waals surface area contributed by atoms with Crippen LogP contribution in [-0.4, -0.2) is 16.8 Å². The highest BCUT2D eigenvalue weighted by molar-refractivity contribution is 8.00. The van der Waals surface area contributed by atoms with Crippen molar-refractivity contribution in [3.05, 3.63) is 35.1 Å². The summed E-state index contributed by atoms with van der Waals surface area (Å²) in [6.07, 6.45) is 1.95. The van der Waals surface area contributed by atoms with Crippen LogP contribution in [0, 0.1) is 12.7 Å². The zero-order valence-electron chi connectivity index (χ0n) is 8.63. The van der Waals surface area contributed by atoms with Gasteiger partial charge >= 0.3 is 0 Å². The van der Waals surface area contributed by atoms with Gasteiger partial charge in [0, 0.05) is 0 Å². The molecule has 0 bridgehead atoms. The van der Waals surface area contributed by atoms with Gasteiger partial charge < -0.3 is 0 Å². The molecule has 1 aromatic carbocycles. The lowest BCUT2D eigenvalue weighted by Gasteiger charge is -2.08. The first kappa shape index (κ1) is 10.7. The second-order valence-corrected chi connectivity index (χ2v) is 5.16. The van der Waals surface area contributed by atoms with Crippen molar-refractivity contribution in [2.75, 3.05) is 5.75 Å². The van der Waals surface area contributed by atoms with E-state index in [4.69, 9.17) is 0 Å². The van der Waals surface area contributed by atoms with Crippen LogP contribution in [0.1, 0.15) is 28.8 Å². The van der Waals surface area contributed by atoms with Crippen molar-refractivity contribution in [2.45, 2.75) is 25.0 Å². The third-order valence-electron chi connectivity index (χ3n) is 2.61. The summed E-state index contributed by atoms with van der Waals surface area (Å²) in [7, 11) is 0. The highest BCUT2D eigenvalue weighted by Crippen LogP contribution is 2.29. The number of aryl methyl sites for hydroxylation is 1. The summed E-state index contributed by atoms with van der Waals surface area (Å²) in [5.41, 5.74) is 1.10. The quantitative estimate of drug-likeness (QED) is 0.717. The van der Waals surface area contributed by atoms with Crippen LogP contribution in [0.4, 0.5) is 4.39 Å². The summed E-state index contributed by atoms with van der Waals surface area (Å²) in [5.74, 6) is 0.590. The fraction of sp³-hybridized carbons (Fsp3) is 0.417. The van der Waals surface area contributed by atoms with E-state index in [0.717, 1.165) is 24.2 Å². The normalized spacial score (nSPS) is 20.5. The van der Waals surface area contributed by atoms with Gasteiger partial charge in [-0.3, -0.25) is 4.79 Å². The largest absolute Gasteiger partial charge is 0.293 e. The Kier molecular flexibility index (Phi) is 3.10. The molecule has 1 heterocycles. The number of Topliss-reactive ketones (excluding diaryl/α,β-unsaturated/α-hetero) is 1. The Morgan fingerprint density at radius 3 is 2.93 bits per heavy atom. The van der Waals surface area contributed by atoms with Crippen LogP contribution in [0.25, 0.3) is 0 Å². The summed E-state index contributed by atoms with van der Waals surface area (Å²) < 4.78 is 13.5. The zero-order valence-corrected chi connectivity index (χ0v) is 9.44. The molecule has 0 radical (unpaired) electrons. The predicted octanol–water partition coefficient (Wildman–Crippen LogP) is 3.21. The van der Waals surface area contributed by atoms with Crippen LogP contribution in [0.3, 0.4) is 0 Å². The molecule has 1 fully saturated rings. The smallest absolute Gasteiger partial charge is 0.178 e. The fourth-order valence-electron chi connectivity index (χ4n) is 1.78. The van der Waals surface area contributed by atoms with Crippen LogP contribution in [-0.2, 0) is 0 Å². The maximum atomic E-state index is 13.5. The monoisotopic (exact) mass is 224 g/mol. The molecule has 1 nitrogen and oxygen atoms in total. The molecule has 1 saturated heterocycles. The number of benzene rings is 1. The molecule has 2 rings (SSSR count). The number of carbonyl (C=O) groups excluding carboxylic acids is 1. The van der Waals surface area contributed by atoms with Gasteiger partial charge in [-0.1, -0.05) is 6.07 Å². The molecule has 1 aliphatic heterocycles. The van der Waals surface area contributed by atoms with Crippen molar-refractivity contribution in [2.24, 2.45) is 0 Å². The van der Waals surface area contributed by atoms with E-state index in [-0.39, 0.29) is 22.4 Å². The van der Waals surface area contributed by atoms with Crippen LogP contribution < -0.4 is 0 Å². The minimum absolute atomic E-state index is 0.0257. The molecule has 80 valence electrons. The van der Waals surface area contributed by atoms with Gasteiger partial charge in [0.15, 0.2) is 5.78 Å². The number of ketones is 1. The van der Waals surface area contributed by atoms with E-state index in [2.05, 4.69) is 0 Å². The van der Waals surface area contributed by atoms with E-state index in [1.54, 1.807) is 23.9 Å². The molecule has 0 aliphatic carbocycles. The van der Waals surface area contributed by atoms with Gasteiger partial charge in [0.2, 0.25) is 0 Å². The molecule has 1 atom stereocenters. The van der Waals surface area contributed by atoms with Gasteiger partial charge in [-0.05, 0) is 43.2 Å². The highest BCUT2D eigenvalue weighted by atomic mass is 32.2. The summed E-state index contributed by atoms with van der Waals surface area (Å²) in [5, 5.41) is -0.0257. The first-order chi connectivity index (χ1) is 7.18. The molecule has 3 heteroatoms. The van der Waals surface area contributed by atoms with Crippen molar-refractivity contribution in [3.63, 3.8) is 0 Å². The molecular weight excluding hydrogens is 211 g/mol. The average Bonchev–Trinajstić information content (AvgIpc) is 2.69. The molecule has 15 heavy (non-hydrogen) atoms. The van der Waals surface area contributed by atoms with Crippen LogP contribution in [0.15, 0.2) is 18.2 Å². The van der Waals surface area contributed by atoms with E-state index >= 15 is 0 Å². The fourth-order valence-corrected chi connectivity index (χ4v) is 3.01. The number of thioether (sulfide) groups is 1. The molecule has 0 amide bonds. The summed E-state index contributed by atoms with van der Waals surface area (Å²) in [6.45, 7) is 1.82. The standard InChI is InChI=1S/C12H13FOS/c1-8-4-5-9(10(13)7-8)12(14)11-3-2-6-15-11/h4-5,7,11H,2-3,6H2,1H3. The maximum Gasteiger partial charge on any atom is 0.178 e. The lowest BCUT2D eigenvalue weighted by Crippen LogP contribution is -2.15. The molecule has 0 N–H and O–H groups in total. The SMILES string of the molecule is Cc1ccc(C(=O)C2CCCS2)c(F)c1. The van der Waals surface area contributed by atoms with Crippen molar-refractivity contribution >= 4 is 17.5 Å². The number of halogens is 1. The van der Waals surface area contributed by atoms with Crippen molar-refractivity contribution in [1.29, 1.82) is 0 Å². The van der Waals surface area contributed by atoms with Gasteiger partial charge in [-0.25, -0.2) is 4.39 Å². The van der Waals surface area contributed by atoms with Gasteiger partial charge in [0.25, 0.3) is 0 Å². The molecule has 1 aliphatic rings. The van der Waals surface area contributed by atoms with Gasteiger partial charge in [0.05, 0.1) is 10.8 Å². The lowest BCUT2D eigenvalue weighted by molar-refractivity contribution is 0.0984. The second kappa shape index (κ2) is 4.35. The number of hydrogen-bond donors (Lipinski definition) is 0. The van der Waals surface area contributed by atoms with Gasteiger partial charge in [-0.15, -0.1) is 0 Å². The van der Waals surface area contributed by atoms with E-state index in [0.29, 0.717) is 0 Å². The van der Waals surface area contributed by atoms with E-state index in [1.165, 1.54) is 6.07 Å². The molecule has 1 aromatic rings. The average molecular weight is 224 g/mol. The highest BCUT2D eigenvalue weighted by Gasteiger charge is 2.26. The molecule has 1 unspecified atom stereocenters. The minimum atomic E-state index is -0.382. The Balaban J connectivity index is 2.24. The lowest BCUT2D eigenvalue weighted by atomic mass is 10.0. The predicted molar refractivity (Wildman–Crippen MR) is 60.9 cm³/mol. The van der Waals surface area contributed by atoms with Gasteiger partial charge in [0.1, 0.15) is 5.82 Å². The van der Waals surface area contributed by atoms with Crippen molar-refractivity contribution in [1.82, 2.24) is 0 Å². The van der Waals surface area contributed by atoms with Gasteiger partial charge in [-0.2, -0.15) is 11.8 Å². The van der Waals surface area contributed by atoms with Crippen molar-refractivity contribution < 1.29 is 9.18 Å². The Hall–Kier alpha value is -0.830. The topological polar surface area (TPSA) is 17.1 Å². The molecule has 0 aromatic heterocycles. The van der Waals surface area contributed by atoms with E-state index in [1.807, 2.05) is 6.92 Å². The number of carbonyl (C=O) groups is 1. The summed E-state index contributed by atoms with van der Waals surface area (Å²) in [6, 6.07) is 4.81. The third kappa shape index (κ3) is 2.23. The minimum Gasteiger partial charge on any atom is -0.293 e. The van der Waals surface area contributed by atoms with Crippen LogP contribution >= 0.6 is 11.8 Å². The zero-order chi connectivity index (χ0) is 10.8.